The van der Waals surface area contributed by atoms with Crippen LogP contribution in [0.2, 0.25) is 0 Å². The number of ketones is 5. The Kier molecular flexibility index (Phi) is 66.2. The van der Waals surface area contributed by atoms with Crippen LogP contribution in [0.25, 0.3) is 0 Å². The van der Waals surface area contributed by atoms with Gasteiger partial charge in [-0.05, 0) is 102 Å². The third-order valence-electron chi connectivity index (χ3n) is 20.1. The highest BCUT2D eigenvalue weighted by Gasteiger charge is 2.41. The molecule has 0 aromatic carbocycles. The zero-order valence-electron chi connectivity index (χ0n) is 74.8. The zero-order valence-corrected chi connectivity index (χ0v) is 74.8. The number of nitrogens with one attached hydrogen (secondary N) is 6. The summed E-state index contributed by atoms with van der Waals surface area (Å²) in [6.45, 7) is 38.2. The van der Waals surface area contributed by atoms with E-state index < -0.39 is 138 Å². The van der Waals surface area contributed by atoms with Crippen molar-refractivity contribution in [1.82, 2.24) is 36.8 Å². The Morgan fingerprint density at radius 2 is 0.825 bits per heavy atom. The summed E-state index contributed by atoms with van der Waals surface area (Å²) >= 11 is 0. The van der Waals surface area contributed by atoms with Crippen molar-refractivity contribution in [3.05, 3.63) is 0 Å². The van der Waals surface area contributed by atoms with Crippen molar-refractivity contribution in [2.45, 2.75) is 286 Å². The molecular weight excluding hydrogens is 1560 g/mol. The molecule has 4 unspecified atom stereocenters. The SMILES string of the molecule is CC(C)NC(=O)[C@H](C)CC(=O)C(N)CN.CC(C)[C@@H](C)NC(=O)[C@H](C)CC(=O)C(N)CN.CC(C)[C@H](NC(=O)[C@@H](N)[C@H](N)C(=O)C[C@H](C)C(C)C)C(=O)O.CCC(C)[C@H](CC(=O)[C@@H](N)[C@H](N)C(=O)N[C@H](C(=O)O)C(C)CC)C(=O)O.CCNC(=O)[C@@H](N)[C@@](C)(N)C(=O)NCC(=O)O.C[C@@H](CN)CC(=O)[C@@H](N)CN.C[C@@H]1CCCN1C(=O)[C@@H](N)CN. The van der Waals surface area contributed by atoms with Gasteiger partial charge in [0.25, 0.3) is 0 Å². The third kappa shape index (κ3) is 51.0. The van der Waals surface area contributed by atoms with Crippen molar-refractivity contribution in [2.75, 3.05) is 52.4 Å². The van der Waals surface area contributed by atoms with Crippen molar-refractivity contribution >= 4 is 94.1 Å². The van der Waals surface area contributed by atoms with E-state index in [0.29, 0.717) is 50.2 Å². The number of likely N-dealkylation sites (tertiary alicyclic amines) is 1. The summed E-state index contributed by atoms with van der Waals surface area (Å²) in [5.74, 6) is -10.6. The number of likely N-dealkylation sites (N-methyl/N-ethyl adjacent to an activating group) is 1. The summed E-state index contributed by atoms with van der Waals surface area (Å²) in [5.41, 5.74) is 80.8. The number of nitrogens with zero attached hydrogens (tertiary/aromatic N) is 1. The van der Waals surface area contributed by atoms with Crippen LogP contribution in [0.15, 0.2) is 0 Å². The molecule has 0 aromatic heterocycles. The Labute approximate surface area is 709 Å². The van der Waals surface area contributed by atoms with E-state index in [-0.39, 0.29) is 146 Å². The van der Waals surface area contributed by atoms with Crippen LogP contribution >= 0.6 is 0 Å². The highest BCUT2D eigenvalue weighted by molar-refractivity contribution is 5.98. The number of carbonyl (C=O) groups is 16. The fraction of sp³-hybridized carbons (Fsp3) is 0.795. The Balaban J connectivity index is -0.000000321. The quantitative estimate of drug-likeness (QED) is 0.0271. The van der Waals surface area contributed by atoms with Crippen LogP contribution in [-0.4, -0.2) is 262 Å². The lowest BCUT2D eigenvalue weighted by atomic mass is 9.85. The number of Topliss-reactive ketones (excluding diaryl/α,β-unsaturated/α-hetero) is 5. The topological polar surface area (TPSA) is 820 Å². The first-order valence-corrected chi connectivity index (χ1v) is 40.9. The van der Waals surface area contributed by atoms with Gasteiger partial charge in [0, 0.05) is 101 Å². The first-order valence-electron chi connectivity index (χ1n) is 40.9. The summed E-state index contributed by atoms with van der Waals surface area (Å²) in [4.78, 5) is 186. The minimum atomic E-state index is -1.67. The highest BCUT2D eigenvalue weighted by Crippen LogP contribution is 2.22. The lowest BCUT2D eigenvalue weighted by Gasteiger charge is -2.28. The Morgan fingerprint density at radius 3 is 1.15 bits per heavy atom. The number of carboxylic acid groups (broad SMARTS) is 4. The molecule has 0 bridgehead atoms. The molecule has 42 heteroatoms. The highest BCUT2D eigenvalue weighted by atomic mass is 16.4. The van der Waals surface area contributed by atoms with E-state index in [1.165, 1.54) is 6.92 Å². The van der Waals surface area contributed by atoms with Crippen LogP contribution in [0.1, 0.15) is 196 Å². The van der Waals surface area contributed by atoms with Gasteiger partial charge in [-0.2, -0.15) is 0 Å². The number of nitrogens with two attached hydrogens (primary N) is 15. The maximum Gasteiger partial charge on any atom is 0.326 e. The van der Waals surface area contributed by atoms with Crippen LogP contribution in [0.4, 0.5) is 0 Å². The van der Waals surface area contributed by atoms with Crippen molar-refractivity contribution < 1.29 is 97.1 Å². The second kappa shape index (κ2) is 64.7. The molecule has 21 atom stereocenters. The number of hydrogen-bond donors (Lipinski definition) is 25. The summed E-state index contributed by atoms with van der Waals surface area (Å²) in [5, 5.41) is 50.7. The Morgan fingerprint density at radius 1 is 0.425 bits per heavy atom. The standard InChI is InChI=1S/C17H31N3O6.C15H29N3O4.C12H25N3O2.C10H21N3O2.C9H18N4O4.C8H17N3O.C7H17N3O/c1-5-8(3)10(16(23)24)7-11(21)12(18)13(19)15(22)20-14(17(25)26)9(4)6-2;1-7(2)9(5)6-10(19)11(16)12(17)14(20)18-13(8(3)4)15(21)22;1-7(2)9(4)15-12(17)8(3)5-11(16)10(14)6-13;1-6(2)13-10(15)7(3)4-9(14)8(12)5-11;1-3-12-7(16)6(10)9(2,11)8(17)13-4-5(14)15;1-6-3-2-4-11(6)8(12)7(10)5-9;1-5(3-8)2-7(11)6(10)4-9/h8-10,12-14H,5-7,18-19H2,1-4H3,(H,20,22)(H,23,24)(H,25,26);7-9,11-13H,6,16-17H2,1-5H3,(H,18,20)(H,21,22);7-10H,5-6,13-14H2,1-4H3,(H,15,17);6-8H,4-5,11-12H2,1-3H3,(H,13,15);6H,3-4,10-11H2,1-2H3,(H,12,16)(H,13,17)(H,14,15);6-7H,2-5,9-10H2,1H3;5-6H,2-4,8-10H2,1H3/t8?,9?,10-,12+,13-,14-;9-,11+,12-,13-;8-,9-,10?;7-,8?;6-,9-;6-,7+;5-,6+/m0011111/s1. The number of hydrogen-bond acceptors (Lipinski definition) is 31. The van der Waals surface area contributed by atoms with Crippen molar-refractivity contribution in [2.24, 2.45) is 145 Å². The van der Waals surface area contributed by atoms with Crippen molar-refractivity contribution in [3.8, 4) is 0 Å². The fourth-order valence-corrected chi connectivity index (χ4v) is 9.92. The van der Waals surface area contributed by atoms with Crippen LogP contribution in [-0.2, 0) is 76.7 Å². The molecule has 0 spiro atoms. The zero-order chi connectivity index (χ0) is 95.4. The monoisotopic (exact) mass is 1720 g/mol. The normalized spacial score (nSPS) is 17.5. The second-order valence-electron chi connectivity index (χ2n) is 32.3. The lowest BCUT2D eigenvalue weighted by Crippen LogP contribution is -2.67. The Bertz CT molecular complexity index is 3090. The molecule has 700 valence electrons. The second-order valence-corrected chi connectivity index (χ2v) is 32.3. The number of carboxylic acids is 4. The largest absolute Gasteiger partial charge is 0.481 e. The molecule has 120 heavy (non-hydrogen) atoms. The number of rotatable bonds is 47. The van der Waals surface area contributed by atoms with E-state index in [4.69, 9.17) is 96.2 Å². The molecule has 1 aliphatic rings. The molecule has 0 aromatic rings. The summed E-state index contributed by atoms with van der Waals surface area (Å²) in [6, 6.07) is -10.5. The van der Waals surface area contributed by atoms with Gasteiger partial charge in [0.05, 0.1) is 42.2 Å². The van der Waals surface area contributed by atoms with Gasteiger partial charge in [-0.3, -0.25) is 67.1 Å². The average Bonchev–Trinajstić information content (AvgIpc) is 0.968. The van der Waals surface area contributed by atoms with Crippen LogP contribution in [0.3, 0.4) is 0 Å². The van der Waals surface area contributed by atoms with Gasteiger partial charge in [0.1, 0.15) is 42.3 Å². The molecule has 0 radical (unpaired) electrons. The van der Waals surface area contributed by atoms with Gasteiger partial charge in [0.2, 0.25) is 41.4 Å². The van der Waals surface area contributed by atoms with E-state index in [1.54, 1.807) is 55.4 Å². The molecule has 1 saturated heterocycles. The lowest BCUT2D eigenvalue weighted by molar-refractivity contribution is -0.146. The van der Waals surface area contributed by atoms with Crippen LogP contribution in [0, 0.1) is 59.2 Å². The van der Waals surface area contributed by atoms with Gasteiger partial charge in [-0.25, -0.2) is 9.59 Å². The van der Waals surface area contributed by atoms with Gasteiger partial charge in [-0.1, -0.05) is 110 Å². The molecule has 1 aliphatic heterocycles. The molecule has 1 heterocycles. The molecule has 0 saturated carbocycles. The van der Waals surface area contributed by atoms with Gasteiger partial charge in [-0.15, -0.1) is 0 Å². The Hall–Kier alpha value is -8.08. The van der Waals surface area contributed by atoms with E-state index in [2.05, 4.69) is 31.9 Å². The summed E-state index contributed by atoms with van der Waals surface area (Å²) in [7, 11) is 0. The predicted molar refractivity (Wildman–Crippen MR) is 459 cm³/mol. The minimum Gasteiger partial charge on any atom is -0.481 e. The fourth-order valence-electron chi connectivity index (χ4n) is 9.92. The third-order valence-corrected chi connectivity index (χ3v) is 20.1. The number of amides is 7. The van der Waals surface area contributed by atoms with Gasteiger partial charge >= 0.3 is 23.9 Å². The van der Waals surface area contributed by atoms with Crippen molar-refractivity contribution in [3.63, 3.8) is 0 Å². The van der Waals surface area contributed by atoms with Gasteiger partial charge < -0.3 is 143 Å². The first kappa shape index (κ1) is 123. The summed E-state index contributed by atoms with van der Waals surface area (Å²) in [6.07, 6.45) is 3.91. The van der Waals surface area contributed by atoms with E-state index >= 15 is 0 Å². The molecular formula is C78H158N22O20. The first-order chi connectivity index (χ1) is 55.1. The average molecular weight is 1720 g/mol. The van der Waals surface area contributed by atoms with Crippen LogP contribution < -0.4 is 118 Å². The smallest absolute Gasteiger partial charge is 0.326 e. The molecule has 1 rings (SSSR count). The van der Waals surface area contributed by atoms with Crippen LogP contribution in [0.5, 0.6) is 0 Å². The van der Waals surface area contributed by atoms with E-state index in [1.807, 2.05) is 81.1 Å². The number of carbonyl (C=O) groups excluding carboxylic acids is 12. The van der Waals surface area contributed by atoms with Crippen molar-refractivity contribution in [1.29, 1.82) is 0 Å². The van der Waals surface area contributed by atoms with Gasteiger partial charge in [0.15, 0.2) is 28.9 Å². The molecule has 0 aliphatic carbocycles. The molecule has 1 fully saturated rings. The maximum absolute atomic E-state index is 12.3. The number of aliphatic carboxylic acids is 4. The maximum atomic E-state index is 12.3. The predicted octanol–water partition coefficient (Wildman–Crippen LogP) is -5.02. The summed E-state index contributed by atoms with van der Waals surface area (Å²) < 4.78 is 0. The minimum absolute atomic E-state index is 0.00231. The molecule has 7 amide bonds. The van der Waals surface area contributed by atoms with E-state index in [9.17, 15) is 86.9 Å². The molecule has 40 N–H and O–H groups in total. The van der Waals surface area contributed by atoms with E-state index in [0.717, 1.165) is 19.4 Å². The molecule has 42 nitrogen and oxygen atoms in total.